The highest BCUT2D eigenvalue weighted by Crippen LogP contribution is 2.08. The summed E-state index contributed by atoms with van der Waals surface area (Å²) < 4.78 is 0. The van der Waals surface area contributed by atoms with E-state index in [9.17, 15) is 0 Å². The molecule has 9 heavy (non-hydrogen) atoms. The van der Waals surface area contributed by atoms with Gasteiger partial charge in [0.1, 0.15) is 0 Å². The summed E-state index contributed by atoms with van der Waals surface area (Å²) in [5.74, 6) is 0. The van der Waals surface area contributed by atoms with Crippen LogP contribution in [0.25, 0.3) is 0 Å². The van der Waals surface area contributed by atoms with Crippen LogP contribution in [0.1, 0.15) is 20.3 Å². The Hall–Kier alpha value is -0.210. The first-order valence-electron chi connectivity index (χ1n) is 3.04. The monoisotopic (exact) mass is 143 g/mol. The molecule has 1 nitrogen and oxygen atoms in total. The molecule has 0 radical (unpaired) electrons. The van der Waals surface area contributed by atoms with E-state index < -0.39 is 0 Å². The summed E-state index contributed by atoms with van der Waals surface area (Å²) in [5.41, 5.74) is 0. The summed E-state index contributed by atoms with van der Waals surface area (Å²) >= 11 is 1.28. The molecule has 0 heterocycles. The fourth-order valence-corrected chi connectivity index (χ4v) is 0.748. The summed E-state index contributed by atoms with van der Waals surface area (Å²) in [6.07, 6.45) is 7.19. The molecule has 0 saturated carbocycles. The quantitative estimate of drug-likeness (QED) is 0.485. The van der Waals surface area contributed by atoms with Crippen molar-refractivity contribution in [2.24, 2.45) is 5.14 Å². The van der Waals surface area contributed by atoms with Gasteiger partial charge in [0.2, 0.25) is 0 Å². The summed E-state index contributed by atoms with van der Waals surface area (Å²) in [5, 5.41) is 5.32. The van der Waals surface area contributed by atoms with Gasteiger partial charge in [-0.25, -0.2) is 0 Å². The SMILES string of the molecule is C/C=C(\C=C/CC)SN. The number of allylic oxidation sites excluding steroid dienone is 3. The van der Waals surface area contributed by atoms with Gasteiger partial charge in [0.15, 0.2) is 0 Å². The van der Waals surface area contributed by atoms with Crippen molar-refractivity contribution in [2.75, 3.05) is 0 Å². The van der Waals surface area contributed by atoms with Crippen molar-refractivity contribution in [3.8, 4) is 0 Å². The fourth-order valence-electron chi connectivity index (χ4n) is 0.438. The number of hydrogen-bond donors (Lipinski definition) is 1. The van der Waals surface area contributed by atoms with E-state index in [-0.39, 0.29) is 0 Å². The van der Waals surface area contributed by atoms with Crippen LogP contribution in [0.5, 0.6) is 0 Å². The van der Waals surface area contributed by atoms with Crippen LogP contribution in [-0.2, 0) is 0 Å². The molecule has 0 rings (SSSR count). The van der Waals surface area contributed by atoms with Crippen molar-refractivity contribution in [2.45, 2.75) is 20.3 Å². The number of rotatable bonds is 3. The zero-order chi connectivity index (χ0) is 7.11. The van der Waals surface area contributed by atoms with Gasteiger partial charge in [-0.2, -0.15) is 0 Å². The van der Waals surface area contributed by atoms with Gasteiger partial charge >= 0.3 is 0 Å². The van der Waals surface area contributed by atoms with Gasteiger partial charge in [0.05, 0.1) is 0 Å². The first-order valence-corrected chi connectivity index (χ1v) is 3.92. The first kappa shape index (κ1) is 8.79. The van der Waals surface area contributed by atoms with Gasteiger partial charge in [-0.1, -0.05) is 25.2 Å². The lowest BCUT2D eigenvalue weighted by molar-refractivity contribution is 1.22. The molecule has 0 spiro atoms. The summed E-state index contributed by atoms with van der Waals surface area (Å²) in [4.78, 5) is 1.12. The summed E-state index contributed by atoms with van der Waals surface area (Å²) in [6, 6.07) is 0. The minimum absolute atomic E-state index is 1.07. The van der Waals surface area contributed by atoms with Crippen LogP contribution < -0.4 is 5.14 Å². The zero-order valence-electron chi connectivity index (χ0n) is 5.92. The van der Waals surface area contributed by atoms with E-state index in [1.807, 2.05) is 19.1 Å². The van der Waals surface area contributed by atoms with Crippen LogP contribution in [0.3, 0.4) is 0 Å². The number of nitrogens with two attached hydrogens (primary N) is 1. The fraction of sp³-hybridized carbons (Fsp3) is 0.429. The van der Waals surface area contributed by atoms with Crippen LogP contribution in [-0.4, -0.2) is 0 Å². The standard InChI is InChI=1S/C7H13NS/c1-3-5-6-7(4-2)9-8/h4-6H,3,8H2,1-2H3/b6-5-,7-4+. The Kier molecular flexibility index (Phi) is 5.78. The van der Waals surface area contributed by atoms with Gasteiger partial charge in [0, 0.05) is 4.91 Å². The lowest BCUT2D eigenvalue weighted by Gasteiger charge is -1.90. The molecule has 0 aliphatic heterocycles. The minimum atomic E-state index is 1.07. The largest absolute Gasteiger partial charge is 0.274 e. The summed E-state index contributed by atoms with van der Waals surface area (Å²) in [7, 11) is 0. The predicted molar refractivity (Wildman–Crippen MR) is 45.0 cm³/mol. The van der Waals surface area contributed by atoms with Gasteiger partial charge in [0.25, 0.3) is 0 Å². The van der Waals surface area contributed by atoms with Crippen LogP contribution >= 0.6 is 11.9 Å². The molecule has 0 aromatic carbocycles. The van der Waals surface area contributed by atoms with Gasteiger partial charge in [-0.05, 0) is 25.3 Å². The van der Waals surface area contributed by atoms with E-state index in [1.54, 1.807) is 0 Å². The van der Waals surface area contributed by atoms with E-state index in [1.165, 1.54) is 11.9 Å². The maximum absolute atomic E-state index is 5.32. The van der Waals surface area contributed by atoms with Crippen molar-refractivity contribution < 1.29 is 0 Å². The van der Waals surface area contributed by atoms with E-state index in [4.69, 9.17) is 5.14 Å². The third-order valence-electron chi connectivity index (χ3n) is 0.938. The molecule has 0 aliphatic rings. The second-order valence-electron chi connectivity index (χ2n) is 1.62. The molecule has 0 unspecified atom stereocenters. The van der Waals surface area contributed by atoms with Gasteiger partial charge in [-0.15, -0.1) is 0 Å². The second-order valence-corrected chi connectivity index (χ2v) is 2.33. The molecule has 0 aromatic rings. The normalized spacial score (nSPS) is 13.0. The topological polar surface area (TPSA) is 26.0 Å². The molecule has 52 valence electrons. The molecule has 2 heteroatoms. The Bertz CT molecular complexity index is 116. The lowest BCUT2D eigenvalue weighted by atomic mass is 10.4. The predicted octanol–water partition coefficient (Wildman–Crippen LogP) is 2.46. The molecule has 0 fully saturated rings. The zero-order valence-corrected chi connectivity index (χ0v) is 6.74. The van der Waals surface area contributed by atoms with Gasteiger partial charge < -0.3 is 0 Å². The Labute approximate surface area is 61.1 Å². The molecule has 0 bridgehead atoms. The summed E-state index contributed by atoms with van der Waals surface area (Å²) in [6.45, 7) is 4.08. The first-order chi connectivity index (χ1) is 4.35. The lowest BCUT2D eigenvalue weighted by Crippen LogP contribution is -1.77. The van der Waals surface area contributed by atoms with Crippen LogP contribution in [0, 0.1) is 0 Å². The van der Waals surface area contributed by atoms with Crippen LogP contribution in [0.4, 0.5) is 0 Å². The maximum atomic E-state index is 5.32. The Morgan fingerprint density at radius 2 is 2.33 bits per heavy atom. The van der Waals surface area contributed by atoms with Crippen molar-refractivity contribution in [3.63, 3.8) is 0 Å². The average molecular weight is 143 g/mol. The highest BCUT2D eigenvalue weighted by molar-refractivity contribution is 8.01. The van der Waals surface area contributed by atoms with E-state index in [2.05, 4.69) is 13.0 Å². The minimum Gasteiger partial charge on any atom is -0.274 e. The third kappa shape index (κ3) is 4.30. The van der Waals surface area contributed by atoms with Gasteiger partial charge in [-0.3, -0.25) is 5.14 Å². The number of hydrogen-bond acceptors (Lipinski definition) is 2. The highest BCUT2D eigenvalue weighted by Gasteiger charge is 1.82. The molecule has 0 aliphatic carbocycles. The van der Waals surface area contributed by atoms with E-state index in [0.717, 1.165) is 11.3 Å². The van der Waals surface area contributed by atoms with E-state index >= 15 is 0 Å². The molecule has 0 aromatic heterocycles. The molecule has 0 atom stereocenters. The Morgan fingerprint density at radius 1 is 1.67 bits per heavy atom. The molecular formula is C7H13NS. The van der Waals surface area contributed by atoms with Crippen LogP contribution in [0.15, 0.2) is 23.1 Å². The van der Waals surface area contributed by atoms with E-state index in [0.29, 0.717) is 0 Å². The third-order valence-corrected chi connectivity index (χ3v) is 1.58. The molecule has 0 saturated heterocycles. The van der Waals surface area contributed by atoms with Crippen molar-refractivity contribution in [1.82, 2.24) is 0 Å². The smallest absolute Gasteiger partial charge is 0.0180 e. The van der Waals surface area contributed by atoms with Crippen molar-refractivity contribution in [1.29, 1.82) is 0 Å². The molecular weight excluding hydrogens is 130 g/mol. The van der Waals surface area contributed by atoms with Crippen LogP contribution in [0.2, 0.25) is 0 Å². The second kappa shape index (κ2) is 5.92. The van der Waals surface area contributed by atoms with Crippen molar-refractivity contribution in [3.05, 3.63) is 23.1 Å². The van der Waals surface area contributed by atoms with Crippen molar-refractivity contribution >= 4 is 11.9 Å². The maximum Gasteiger partial charge on any atom is 0.0180 e. The Balaban J connectivity index is 3.70. The molecule has 0 amide bonds. The molecule has 2 N–H and O–H groups in total. The average Bonchev–Trinajstić information content (AvgIpc) is 1.91. The highest BCUT2D eigenvalue weighted by atomic mass is 32.2. The Morgan fingerprint density at radius 3 is 2.67 bits per heavy atom.